The van der Waals surface area contributed by atoms with Gasteiger partial charge in [-0.25, -0.2) is 4.98 Å². The van der Waals surface area contributed by atoms with Crippen molar-refractivity contribution in [2.45, 2.75) is 38.6 Å². The molecule has 0 aliphatic heterocycles. The molecule has 0 saturated heterocycles. The summed E-state index contributed by atoms with van der Waals surface area (Å²) >= 11 is 0. The van der Waals surface area contributed by atoms with Crippen LogP contribution >= 0.6 is 0 Å². The first kappa shape index (κ1) is 20.1. The number of nitrogens with zero attached hydrogens (tertiary/aromatic N) is 2. The van der Waals surface area contributed by atoms with Gasteiger partial charge in [0.2, 0.25) is 5.91 Å². The molecule has 0 unspecified atom stereocenters. The molecule has 0 aliphatic rings. The maximum atomic E-state index is 12.3. The second-order valence-corrected chi connectivity index (χ2v) is 7.43. The third-order valence-corrected chi connectivity index (χ3v) is 5.14. The largest absolute Gasteiger partial charge is 0.354 e. The zero-order valence-corrected chi connectivity index (χ0v) is 17.0. The summed E-state index contributed by atoms with van der Waals surface area (Å²) in [7, 11) is 4.10. The summed E-state index contributed by atoms with van der Waals surface area (Å²) in [6.45, 7) is 2.77. The molecular weight excluding hydrogens is 348 g/mol. The normalized spacial score (nSPS) is 12.4. The van der Waals surface area contributed by atoms with Crippen molar-refractivity contribution in [1.29, 1.82) is 0 Å². The number of aromatic nitrogens is 2. The van der Waals surface area contributed by atoms with Crippen molar-refractivity contribution in [3.8, 4) is 0 Å². The van der Waals surface area contributed by atoms with Gasteiger partial charge in [-0.15, -0.1) is 0 Å². The molecule has 5 heteroatoms. The SMILES string of the molecule is CCc1ccc([C@@H](CNC(=O)CCCc2nc3ccccc3[nH]2)N(C)C)cc1. The van der Waals surface area contributed by atoms with E-state index in [4.69, 9.17) is 0 Å². The zero-order valence-electron chi connectivity index (χ0n) is 17.0. The van der Waals surface area contributed by atoms with Crippen LogP contribution in [0.1, 0.15) is 42.8 Å². The minimum atomic E-state index is 0.0909. The summed E-state index contributed by atoms with van der Waals surface area (Å²) < 4.78 is 0. The Labute approximate surface area is 167 Å². The monoisotopic (exact) mass is 378 g/mol. The van der Waals surface area contributed by atoms with Crippen molar-refractivity contribution in [2.75, 3.05) is 20.6 Å². The fraction of sp³-hybridized carbons (Fsp3) is 0.391. The van der Waals surface area contributed by atoms with Gasteiger partial charge in [-0.1, -0.05) is 43.3 Å². The molecule has 1 atom stereocenters. The van der Waals surface area contributed by atoms with Crippen molar-refractivity contribution < 1.29 is 4.79 Å². The fourth-order valence-electron chi connectivity index (χ4n) is 3.41. The summed E-state index contributed by atoms with van der Waals surface area (Å²) in [6, 6.07) is 16.8. The van der Waals surface area contributed by atoms with Gasteiger partial charge < -0.3 is 15.2 Å². The highest BCUT2D eigenvalue weighted by Crippen LogP contribution is 2.18. The van der Waals surface area contributed by atoms with Crippen LogP contribution in [0.25, 0.3) is 11.0 Å². The predicted octanol–water partition coefficient (Wildman–Crippen LogP) is 3.87. The summed E-state index contributed by atoms with van der Waals surface area (Å²) in [5.74, 6) is 1.03. The van der Waals surface area contributed by atoms with Crippen LogP contribution in [0.5, 0.6) is 0 Å². The van der Waals surface area contributed by atoms with Crippen molar-refractivity contribution in [1.82, 2.24) is 20.2 Å². The number of likely N-dealkylation sites (N-methyl/N-ethyl adjacent to an activating group) is 1. The number of hydrogen-bond donors (Lipinski definition) is 2. The fourth-order valence-corrected chi connectivity index (χ4v) is 3.41. The number of rotatable bonds is 9. The Hall–Kier alpha value is -2.66. The van der Waals surface area contributed by atoms with E-state index in [1.54, 1.807) is 0 Å². The third kappa shape index (κ3) is 5.20. The quantitative estimate of drug-likeness (QED) is 0.594. The molecule has 0 saturated carbocycles. The van der Waals surface area contributed by atoms with Crippen LogP contribution in [-0.2, 0) is 17.6 Å². The Balaban J connectivity index is 1.47. The molecule has 28 heavy (non-hydrogen) atoms. The first-order valence-corrected chi connectivity index (χ1v) is 10.0. The second kappa shape index (κ2) is 9.51. The highest BCUT2D eigenvalue weighted by Gasteiger charge is 2.15. The van der Waals surface area contributed by atoms with E-state index in [1.807, 2.05) is 38.4 Å². The molecule has 0 fully saturated rings. The Bertz CT molecular complexity index is 865. The van der Waals surface area contributed by atoms with Crippen LogP contribution in [0, 0.1) is 0 Å². The minimum Gasteiger partial charge on any atom is -0.354 e. The molecule has 1 aromatic heterocycles. The zero-order chi connectivity index (χ0) is 19.9. The number of hydrogen-bond acceptors (Lipinski definition) is 3. The smallest absolute Gasteiger partial charge is 0.220 e. The van der Waals surface area contributed by atoms with Gasteiger partial charge in [0.05, 0.1) is 17.1 Å². The molecule has 0 bridgehead atoms. The topological polar surface area (TPSA) is 61.0 Å². The van der Waals surface area contributed by atoms with Gasteiger partial charge in [-0.2, -0.15) is 0 Å². The van der Waals surface area contributed by atoms with E-state index in [1.165, 1.54) is 11.1 Å². The number of para-hydroxylation sites is 2. The molecule has 2 N–H and O–H groups in total. The predicted molar refractivity (Wildman–Crippen MR) is 114 cm³/mol. The molecule has 5 nitrogen and oxygen atoms in total. The van der Waals surface area contributed by atoms with E-state index in [9.17, 15) is 4.79 Å². The average molecular weight is 379 g/mol. The summed E-state index contributed by atoms with van der Waals surface area (Å²) in [4.78, 5) is 22.3. The van der Waals surface area contributed by atoms with Gasteiger partial charge in [0.1, 0.15) is 5.82 Å². The molecule has 0 radical (unpaired) electrons. The number of amides is 1. The van der Waals surface area contributed by atoms with Crippen molar-refractivity contribution >= 4 is 16.9 Å². The lowest BCUT2D eigenvalue weighted by atomic mass is 10.0. The van der Waals surface area contributed by atoms with E-state index in [-0.39, 0.29) is 11.9 Å². The van der Waals surface area contributed by atoms with Crippen LogP contribution in [0.3, 0.4) is 0 Å². The summed E-state index contributed by atoms with van der Waals surface area (Å²) in [6.07, 6.45) is 3.10. The Morgan fingerprint density at radius 3 is 2.57 bits per heavy atom. The molecule has 148 valence electrons. The third-order valence-electron chi connectivity index (χ3n) is 5.14. The number of aryl methyl sites for hydroxylation is 2. The molecule has 2 aromatic carbocycles. The van der Waals surface area contributed by atoms with E-state index < -0.39 is 0 Å². The lowest BCUT2D eigenvalue weighted by Gasteiger charge is -2.25. The maximum absolute atomic E-state index is 12.3. The second-order valence-electron chi connectivity index (χ2n) is 7.43. The summed E-state index contributed by atoms with van der Waals surface area (Å²) in [5, 5.41) is 3.09. The number of H-pyrrole nitrogens is 1. The molecular formula is C23H30N4O. The first-order chi connectivity index (χ1) is 13.6. The number of benzene rings is 2. The lowest BCUT2D eigenvalue weighted by molar-refractivity contribution is -0.121. The van der Waals surface area contributed by atoms with Crippen molar-refractivity contribution in [3.63, 3.8) is 0 Å². The number of imidazole rings is 1. The highest BCUT2D eigenvalue weighted by atomic mass is 16.1. The van der Waals surface area contributed by atoms with E-state index >= 15 is 0 Å². The summed E-state index contributed by atoms with van der Waals surface area (Å²) in [5.41, 5.74) is 4.58. The van der Waals surface area contributed by atoms with Crippen LogP contribution < -0.4 is 5.32 Å². The van der Waals surface area contributed by atoms with Crippen molar-refractivity contribution in [3.05, 3.63) is 65.5 Å². The van der Waals surface area contributed by atoms with Gasteiger partial charge in [0.15, 0.2) is 0 Å². The molecule has 0 spiro atoms. The number of nitrogens with one attached hydrogen (secondary N) is 2. The molecule has 3 rings (SSSR count). The first-order valence-electron chi connectivity index (χ1n) is 10.0. The Morgan fingerprint density at radius 1 is 1.14 bits per heavy atom. The van der Waals surface area contributed by atoms with Gasteiger partial charge in [-0.3, -0.25) is 4.79 Å². The number of carbonyl (C=O) groups is 1. The van der Waals surface area contributed by atoms with E-state index in [2.05, 4.69) is 51.4 Å². The van der Waals surface area contributed by atoms with Gasteiger partial charge in [0, 0.05) is 19.4 Å². The number of carbonyl (C=O) groups excluding carboxylic acids is 1. The van der Waals surface area contributed by atoms with Crippen LogP contribution in [0.4, 0.5) is 0 Å². The average Bonchev–Trinajstić information content (AvgIpc) is 3.11. The van der Waals surface area contributed by atoms with E-state index in [0.29, 0.717) is 13.0 Å². The van der Waals surface area contributed by atoms with Crippen LogP contribution in [0.15, 0.2) is 48.5 Å². The van der Waals surface area contributed by atoms with Crippen LogP contribution in [-0.4, -0.2) is 41.4 Å². The standard InChI is InChI=1S/C23H30N4O/c1-4-17-12-14-18(15-13-17)21(27(2)3)16-24-23(28)11-7-10-22-25-19-8-5-6-9-20(19)26-22/h5-6,8-9,12-15,21H,4,7,10-11,16H2,1-3H3,(H,24,28)(H,25,26)/t21-/m1/s1. The maximum Gasteiger partial charge on any atom is 0.220 e. The van der Waals surface area contributed by atoms with Crippen LogP contribution in [0.2, 0.25) is 0 Å². The molecule has 0 aliphatic carbocycles. The van der Waals surface area contributed by atoms with Crippen molar-refractivity contribution in [2.24, 2.45) is 0 Å². The molecule has 1 heterocycles. The highest BCUT2D eigenvalue weighted by molar-refractivity contribution is 5.76. The van der Waals surface area contributed by atoms with Gasteiger partial charge in [-0.05, 0) is 50.2 Å². The Morgan fingerprint density at radius 2 is 1.89 bits per heavy atom. The molecule has 1 amide bonds. The van der Waals surface area contributed by atoms with Gasteiger partial charge in [0.25, 0.3) is 0 Å². The number of aromatic amines is 1. The van der Waals surface area contributed by atoms with Gasteiger partial charge >= 0.3 is 0 Å². The van der Waals surface area contributed by atoms with E-state index in [0.717, 1.165) is 36.1 Å². The minimum absolute atomic E-state index is 0.0909. The number of fused-ring (bicyclic) bond motifs is 1. The Kier molecular flexibility index (Phi) is 6.82. The molecule has 3 aromatic rings. The lowest BCUT2D eigenvalue weighted by Crippen LogP contribution is -2.34.